The Morgan fingerprint density at radius 1 is 1.20 bits per heavy atom. The van der Waals surface area contributed by atoms with Crippen LogP contribution < -0.4 is 10.1 Å². The number of aromatic nitrogens is 2. The van der Waals surface area contributed by atoms with Gasteiger partial charge in [0.2, 0.25) is 0 Å². The highest BCUT2D eigenvalue weighted by Crippen LogP contribution is 2.27. The lowest BCUT2D eigenvalue weighted by atomic mass is 10.2. The summed E-state index contributed by atoms with van der Waals surface area (Å²) in [6.07, 6.45) is 2.15. The number of hydrogen-bond donors (Lipinski definition) is 2. The fourth-order valence-electron chi connectivity index (χ4n) is 2.15. The van der Waals surface area contributed by atoms with E-state index in [0.717, 1.165) is 11.3 Å². The van der Waals surface area contributed by atoms with Crippen LogP contribution in [0.4, 0.5) is 10.9 Å². The third-order valence-electron chi connectivity index (χ3n) is 3.38. The monoisotopic (exact) mass is 355 g/mol. The van der Waals surface area contributed by atoms with E-state index in [1.54, 1.807) is 6.20 Å². The van der Waals surface area contributed by atoms with Crippen molar-refractivity contribution in [3.8, 4) is 5.75 Å². The fourth-order valence-corrected chi connectivity index (χ4v) is 2.90. The number of thiazole rings is 1. The van der Waals surface area contributed by atoms with E-state index in [1.807, 2.05) is 47.8 Å². The molecule has 25 heavy (non-hydrogen) atoms. The fraction of sp³-hybridized carbons (Fsp3) is 0.167. The van der Waals surface area contributed by atoms with Crippen molar-refractivity contribution in [1.82, 2.24) is 9.97 Å². The summed E-state index contributed by atoms with van der Waals surface area (Å²) >= 11 is 1.41. The number of rotatable bonds is 8. The zero-order valence-corrected chi connectivity index (χ0v) is 14.2. The molecule has 2 N–H and O–H groups in total. The molecule has 0 fully saturated rings. The molecule has 3 aromatic rings. The number of carboxylic acid groups (broad SMARTS) is 1. The van der Waals surface area contributed by atoms with E-state index in [-0.39, 0.29) is 6.42 Å². The molecule has 6 nitrogen and oxygen atoms in total. The van der Waals surface area contributed by atoms with Gasteiger partial charge in [-0.2, -0.15) is 0 Å². The zero-order valence-electron chi connectivity index (χ0n) is 13.4. The van der Waals surface area contributed by atoms with Crippen molar-refractivity contribution >= 4 is 28.3 Å². The van der Waals surface area contributed by atoms with Crippen LogP contribution in [0.5, 0.6) is 5.75 Å². The number of pyridine rings is 1. The van der Waals surface area contributed by atoms with Gasteiger partial charge in [-0.05, 0) is 17.7 Å². The average Bonchev–Trinajstić information content (AvgIpc) is 3.08. The SMILES string of the molecule is O=C(O)CCc1csc(Nc2ncccc2OCc2ccccc2)n1. The van der Waals surface area contributed by atoms with E-state index in [4.69, 9.17) is 9.84 Å². The molecule has 0 saturated heterocycles. The lowest BCUT2D eigenvalue weighted by molar-refractivity contribution is -0.136. The Labute approximate surface area is 149 Å². The standard InChI is InChI=1S/C18H17N3O3S/c22-16(23)9-8-14-12-25-18(20-14)21-17-15(7-4-10-19-17)24-11-13-5-2-1-3-6-13/h1-7,10,12H,8-9,11H2,(H,22,23)(H,19,20,21). The Hall–Kier alpha value is -2.93. The van der Waals surface area contributed by atoms with Crippen molar-refractivity contribution < 1.29 is 14.6 Å². The van der Waals surface area contributed by atoms with E-state index in [1.165, 1.54) is 11.3 Å². The molecule has 0 bridgehead atoms. The predicted octanol–water partition coefficient (Wildman–Crippen LogP) is 3.88. The van der Waals surface area contributed by atoms with E-state index in [2.05, 4.69) is 15.3 Å². The first-order chi connectivity index (χ1) is 12.2. The summed E-state index contributed by atoms with van der Waals surface area (Å²) in [7, 11) is 0. The van der Waals surface area contributed by atoms with Gasteiger partial charge in [-0.3, -0.25) is 4.79 Å². The molecular weight excluding hydrogens is 338 g/mol. The number of carboxylic acids is 1. The van der Waals surface area contributed by atoms with Crippen LogP contribution in [0.1, 0.15) is 17.7 Å². The van der Waals surface area contributed by atoms with Gasteiger partial charge >= 0.3 is 5.97 Å². The zero-order chi connectivity index (χ0) is 17.5. The van der Waals surface area contributed by atoms with Gasteiger partial charge < -0.3 is 15.2 Å². The van der Waals surface area contributed by atoms with Gasteiger partial charge in [0.05, 0.1) is 12.1 Å². The summed E-state index contributed by atoms with van der Waals surface area (Å²) in [4.78, 5) is 19.3. The van der Waals surface area contributed by atoms with Crippen molar-refractivity contribution in [1.29, 1.82) is 0 Å². The summed E-state index contributed by atoms with van der Waals surface area (Å²) in [6.45, 7) is 0.447. The molecule has 0 radical (unpaired) electrons. The predicted molar refractivity (Wildman–Crippen MR) is 96.4 cm³/mol. The molecule has 0 saturated carbocycles. The maximum absolute atomic E-state index is 10.6. The van der Waals surface area contributed by atoms with Crippen molar-refractivity contribution in [2.24, 2.45) is 0 Å². The lowest BCUT2D eigenvalue weighted by Crippen LogP contribution is -2.01. The van der Waals surface area contributed by atoms with Gasteiger partial charge in [-0.25, -0.2) is 9.97 Å². The minimum atomic E-state index is -0.830. The molecule has 7 heteroatoms. The number of aliphatic carboxylic acids is 1. The molecule has 128 valence electrons. The molecule has 0 spiro atoms. The molecule has 0 amide bonds. The largest absolute Gasteiger partial charge is 0.485 e. The number of aryl methyl sites for hydroxylation is 1. The van der Waals surface area contributed by atoms with Crippen LogP contribution in [0.2, 0.25) is 0 Å². The quantitative estimate of drug-likeness (QED) is 0.638. The third kappa shape index (κ3) is 5.02. The van der Waals surface area contributed by atoms with Crippen molar-refractivity contribution in [3.05, 3.63) is 65.3 Å². The van der Waals surface area contributed by atoms with Crippen LogP contribution in [0.25, 0.3) is 0 Å². The molecule has 0 aliphatic carbocycles. The minimum Gasteiger partial charge on any atom is -0.485 e. The number of ether oxygens (including phenoxy) is 1. The second-order valence-corrected chi connectivity index (χ2v) is 6.15. The van der Waals surface area contributed by atoms with Gasteiger partial charge in [0.1, 0.15) is 6.61 Å². The van der Waals surface area contributed by atoms with Gasteiger partial charge in [0.15, 0.2) is 16.7 Å². The molecule has 0 atom stereocenters. The number of benzene rings is 1. The van der Waals surface area contributed by atoms with Gasteiger partial charge in [0.25, 0.3) is 0 Å². The first-order valence-corrected chi connectivity index (χ1v) is 8.63. The van der Waals surface area contributed by atoms with E-state index >= 15 is 0 Å². The lowest BCUT2D eigenvalue weighted by Gasteiger charge is -2.10. The van der Waals surface area contributed by atoms with Crippen molar-refractivity contribution in [2.45, 2.75) is 19.4 Å². The Kier molecular flexibility index (Phi) is 5.58. The molecule has 0 aliphatic heterocycles. The molecule has 2 aromatic heterocycles. The summed E-state index contributed by atoms with van der Waals surface area (Å²) in [5, 5.41) is 14.4. The van der Waals surface area contributed by atoms with Crippen LogP contribution in [-0.4, -0.2) is 21.0 Å². The Bertz CT molecular complexity index is 836. The molecule has 3 rings (SSSR count). The van der Waals surface area contributed by atoms with Crippen LogP contribution in [0.3, 0.4) is 0 Å². The molecule has 0 unspecified atom stereocenters. The normalized spacial score (nSPS) is 10.4. The number of anilines is 2. The van der Waals surface area contributed by atoms with Crippen molar-refractivity contribution in [2.75, 3.05) is 5.32 Å². The average molecular weight is 355 g/mol. The molecule has 2 heterocycles. The highest BCUT2D eigenvalue weighted by Gasteiger charge is 2.09. The van der Waals surface area contributed by atoms with Crippen LogP contribution in [0.15, 0.2) is 54.0 Å². The summed E-state index contributed by atoms with van der Waals surface area (Å²) in [6, 6.07) is 13.6. The number of nitrogens with zero attached hydrogens (tertiary/aromatic N) is 2. The number of carbonyl (C=O) groups is 1. The smallest absolute Gasteiger partial charge is 0.303 e. The van der Waals surface area contributed by atoms with Crippen molar-refractivity contribution in [3.63, 3.8) is 0 Å². The number of nitrogens with one attached hydrogen (secondary N) is 1. The topological polar surface area (TPSA) is 84.3 Å². The summed E-state index contributed by atoms with van der Waals surface area (Å²) in [5.41, 5.74) is 1.82. The Balaban J connectivity index is 1.65. The van der Waals surface area contributed by atoms with E-state index in [9.17, 15) is 4.79 Å². The van der Waals surface area contributed by atoms with E-state index in [0.29, 0.717) is 29.7 Å². The molecule has 1 aromatic carbocycles. The Morgan fingerprint density at radius 3 is 2.84 bits per heavy atom. The first kappa shape index (κ1) is 16.9. The first-order valence-electron chi connectivity index (χ1n) is 7.75. The van der Waals surface area contributed by atoms with Gasteiger partial charge in [-0.1, -0.05) is 30.3 Å². The Morgan fingerprint density at radius 2 is 2.04 bits per heavy atom. The minimum absolute atomic E-state index is 0.0677. The van der Waals surface area contributed by atoms with Crippen LogP contribution in [-0.2, 0) is 17.8 Å². The van der Waals surface area contributed by atoms with Gasteiger partial charge in [-0.15, -0.1) is 11.3 Å². The highest BCUT2D eigenvalue weighted by molar-refractivity contribution is 7.13. The second-order valence-electron chi connectivity index (χ2n) is 5.29. The maximum atomic E-state index is 10.6. The van der Waals surface area contributed by atoms with Crippen LogP contribution in [0, 0.1) is 0 Å². The molecule has 0 aliphatic rings. The second kappa shape index (κ2) is 8.25. The maximum Gasteiger partial charge on any atom is 0.303 e. The third-order valence-corrected chi connectivity index (χ3v) is 4.19. The highest BCUT2D eigenvalue weighted by atomic mass is 32.1. The number of hydrogen-bond acceptors (Lipinski definition) is 6. The van der Waals surface area contributed by atoms with E-state index < -0.39 is 5.97 Å². The molecular formula is C18H17N3O3S. The summed E-state index contributed by atoms with van der Waals surface area (Å²) < 4.78 is 5.86. The summed E-state index contributed by atoms with van der Waals surface area (Å²) in [5.74, 6) is 0.384. The van der Waals surface area contributed by atoms with Gasteiger partial charge in [0, 0.05) is 18.0 Å². The van der Waals surface area contributed by atoms with Crippen LogP contribution >= 0.6 is 11.3 Å².